The van der Waals surface area contributed by atoms with Crippen LogP contribution < -0.4 is 0 Å². The molecule has 5 heteroatoms. The van der Waals surface area contributed by atoms with Crippen LogP contribution in [-0.4, -0.2) is 46.5 Å². The fourth-order valence-electron chi connectivity index (χ4n) is 2.59. The van der Waals surface area contributed by atoms with Gasteiger partial charge in [0.2, 0.25) is 0 Å². The van der Waals surface area contributed by atoms with E-state index < -0.39 is 5.82 Å². The van der Waals surface area contributed by atoms with Crippen LogP contribution >= 0.6 is 0 Å². The molecule has 0 aromatic carbocycles. The third kappa shape index (κ3) is 4.08. The van der Waals surface area contributed by atoms with Gasteiger partial charge in [0.05, 0.1) is 12.3 Å². The van der Waals surface area contributed by atoms with Crippen LogP contribution in [0.3, 0.4) is 0 Å². The number of aromatic nitrogens is 1. The zero-order valence-electron chi connectivity index (χ0n) is 11.8. The Balaban J connectivity index is 1.76. The van der Waals surface area contributed by atoms with Crippen LogP contribution in [0.15, 0.2) is 18.3 Å². The van der Waals surface area contributed by atoms with Crippen LogP contribution in [0.1, 0.15) is 36.7 Å². The first-order valence-corrected chi connectivity index (χ1v) is 7.11. The van der Waals surface area contributed by atoms with Gasteiger partial charge < -0.3 is 10.0 Å². The topological polar surface area (TPSA) is 53.4 Å². The molecule has 1 fully saturated rings. The summed E-state index contributed by atoms with van der Waals surface area (Å²) < 4.78 is 12.7. The Labute approximate surface area is 118 Å². The van der Waals surface area contributed by atoms with E-state index in [1.807, 2.05) is 6.92 Å². The Kier molecular flexibility index (Phi) is 5.20. The monoisotopic (exact) mass is 280 g/mol. The Bertz CT molecular complexity index is 440. The highest BCUT2D eigenvalue weighted by atomic mass is 19.1. The molecule has 1 atom stereocenters. The number of carbonyl (C=O) groups excluding carboxylic acids is 1. The number of nitrogens with zero attached hydrogens (tertiary/aromatic N) is 2. The largest absolute Gasteiger partial charge is 0.393 e. The molecule has 0 saturated carbocycles. The summed E-state index contributed by atoms with van der Waals surface area (Å²) in [5.41, 5.74) is 0.324. The molecule has 1 unspecified atom stereocenters. The summed E-state index contributed by atoms with van der Waals surface area (Å²) in [5.74, 6) is -0.106. The minimum absolute atomic E-state index is 0.0531. The second-order valence-electron chi connectivity index (χ2n) is 5.45. The molecule has 1 aromatic rings. The number of rotatable bonds is 5. The number of hydrogen-bond acceptors (Lipinski definition) is 4. The summed E-state index contributed by atoms with van der Waals surface area (Å²) in [6.07, 6.45) is 3.17. The van der Waals surface area contributed by atoms with Crippen molar-refractivity contribution >= 4 is 5.78 Å². The molecule has 1 aromatic heterocycles. The molecule has 0 bridgehead atoms. The van der Waals surface area contributed by atoms with Crippen molar-refractivity contribution in [3.8, 4) is 0 Å². The first-order chi connectivity index (χ1) is 9.56. The Morgan fingerprint density at radius 2 is 2.20 bits per heavy atom. The van der Waals surface area contributed by atoms with Gasteiger partial charge in [-0.15, -0.1) is 0 Å². The number of pyridine rings is 1. The molecule has 0 aliphatic carbocycles. The molecule has 0 amide bonds. The maximum Gasteiger partial charge on any atom is 0.182 e. The van der Waals surface area contributed by atoms with E-state index in [1.54, 1.807) is 0 Å². The molecule has 1 N–H and O–H groups in total. The van der Waals surface area contributed by atoms with E-state index in [4.69, 9.17) is 0 Å². The van der Waals surface area contributed by atoms with E-state index in [0.29, 0.717) is 24.6 Å². The van der Waals surface area contributed by atoms with Crippen LogP contribution in [0.5, 0.6) is 0 Å². The summed E-state index contributed by atoms with van der Waals surface area (Å²) in [6, 6.07) is 2.69. The first kappa shape index (κ1) is 15.1. The van der Waals surface area contributed by atoms with Crippen LogP contribution in [-0.2, 0) is 0 Å². The number of Topliss-reactive ketones (excluding diaryl/α,β-unsaturated/α-hetero) is 1. The summed E-state index contributed by atoms with van der Waals surface area (Å²) in [6.45, 7) is 4.37. The molecule has 1 aliphatic rings. The zero-order valence-corrected chi connectivity index (χ0v) is 11.8. The summed E-state index contributed by atoms with van der Waals surface area (Å²) in [5, 5.41) is 9.54. The predicted molar refractivity (Wildman–Crippen MR) is 74.0 cm³/mol. The highest BCUT2D eigenvalue weighted by Crippen LogP contribution is 2.20. The summed E-state index contributed by atoms with van der Waals surface area (Å²) in [4.78, 5) is 18.0. The Hall–Kier alpha value is -1.33. The Morgan fingerprint density at radius 3 is 2.75 bits per heavy atom. The van der Waals surface area contributed by atoms with Gasteiger partial charge in [0, 0.05) is 13.0 Å². The highest BCUT2D eigenvalue weighted by molar-refractivity contribution is 5.94. The smallest absolute Gasteiger partial charge is 0.182 e. The van der Waals surface area contributed by atoms with E-state index in [1.165, 1.54) is 12.1 Å². The summed E-state index contributed by atoms with van der Waals surface area (Å²) in [7, 11) is 0. The maximum atomic E-state index is 12.7. The van der Waals surface area contributed by atoms with E-state index in [-0.39, 0.29) is 11.9 Å². The number of piperidine rings is 1. The molecule has 1 saturated heterocycles. The fraction of sp³-hybridized carbons (Fsp3) is 0.600. The third-order valence-corrected chi connectivity index (χ3v) is 3.98. The van der Waals surface area contributed by atoms with Crippen LogP contribution in [0.2, 0.25) is 0 Å². The van der Waals surface area contributed by atoms with Crippen molar-refractivity contribution in [2.45, 2.75) is 32.3 Å². The van der Waals surface area contributed by atoms with Crippen molar-refractivity contribution < 1.29 is 14.3 Å². The van der Waals surface area contributed by atoms with E-state index in [2.05, 4.69) is 9.88 Å². The van der Waals surface area contributed by atoms with Crippen molar-refractivity contribution in [2.24, 2.45) is 5.92 Å². The van der Waals surface area contributed by atoms with Gasteiger partial charge in [0.1, 0.15) is 11.5 Å². The number of hydrogen-bond donors (Lipinski definition) is 1. The number of carbonyl (C=O) groups is 1. The first-order valence-electron chi connectivity index (χ1n) is 7.11. The van der Waals surface area contributed by atoms with Gasteiger partial charge in [-0.1, -0.05) is 0 Å². The molecule has 1 aliphatic heterocycles. The predicted octanol–water partition coefficient (Wildman–Crippen LogP) is 1.89. The van der Waals surface area contributed by atoms with Crippen molar-refractivity contribution in [3.05, 3.63) is 29.8 Å². The lowest BCUT2D eigenvalue weighted by atomic mass is 9.92. The lowest BCUT2D eigenvalue weighted by Gasteiger charge is -2.33. The molecule has 4 nitrogen and oxygen atoms in total. The zero-order chi connectivity index (χ0) is 14.5. The van der Waals surface area contributed by atoms with Gasteiger partial charge in [-0.3, -0.25) is 9.78 Å². The Morgan fingerprint density at radius 1 is 1.50 bits per heavy atom. The maximum absolute atomic E-state index is 12.7. The second-order valence-corrected chi connectivity index (χ2v) is 5.45. The molecule has 20 heavy (non-hydrogen) atoms. The SMILES string of the molecule is CC(O)C1CCN(CCC(=O)c2ccc(F)cn2)CC1. The second kappa shape index (κ2) is 6.90. The average molecular weight is 280 g/mol. The standard InChI is InChI=1S/C15H21FN2O2/c1-11(19)12-4-7-18(8-5-12)9-6-15(20)14-3-2-13(16)10-17-14/h2-3,10-12,19H,4-9H2,1H3. The van der Waals surface area contributed by atoms with Crippen molar-refractivity contribution in [1.82, 2.24) is 9.88 Å². The normalized spacial score (nSPS) is 18.9. The molecule has 0 spiro atoms. The molecular formula is C15H21FN2O2. The number of aliphatic hydroxyl groups excluding tert-OH is 1. The number of ketones is 1. The lowest BCUT2D eigenvalue weighted by molar-refractivity contribution is 0.0693. The van der Waals surface area contributed by atoms with Crippen molar-refractivity contribution in [1.29, 1.82) is 0 Å². The van der Waals surface area contributed by atoms with Crippen molar-refractivity contribution in [2.75, 3.05) is 19.6 Å². The van der Waals surface area contributed by atoms with E-state index >= 15 is 0 Å². The molecule has 110 valence electrons. The molecule has 0 radical (unpaired) electrons. The minimum Gasteiger partial charge on any atom is -0.393 e. The minimum atomic E-state index is -0.429. The lowest BCUT2D eigenvalue weighted by Crippen LogP contribution is -2.38. The number of halogens is 1. The summed E-state index contributed by atoms with van der Waals surface area (Å²) >= 11 is 0. The van der Waals surface area contributed by atoms with Gasteiger partial charge in [0.15, 0.2) is 5.78 Å². The molecule has 2 heterocycles. The van der Waals surface area contributed by atoms with Gasteiger partial charge >= 0.3 is 0 Å². The molecule has 2 rings (SSSR count). The van der Waals surface area contributed by atoms with E-state index in [0.717, 1.165) is 32.1 Å². The van der Waals surface area contributed by atoms with E-state index in [9.17, 15) is 14.3 Å². The number of aliphatic hydroxyl groups is 1. The van der Waals surface area contributed by atoms with Gasteiger partial charge in [-0.2, -0.15) is 0 Å². The molecular weight excluding hydrogens is 259 g/mol. The average Bonchev–Trinajstić information content (AvgIpc) is 2.46. The van der Waals surface area contributed by atoms with Crippen LogP contribution in [0, 0.1) is 11.7 Å². The highest BCUT2D eigenvalue weighted by Gasteiger charge is 2.22. The van der Waals surface area contributed by atoms with Crippen LogP contribution in [0.4, 0.5) is 4.39 Å². The fourth-order valence-corrected chi connectivity index (χ4v) is 2.59. The van der Waals surface area contributed by atoms with Gasteiger partial charge in [-0.05, 0) is 50.9 Å². The quantitative estimate of drug-likeness (QED) is 0.837. The van der Waals surface area contributed by atoms with Gasteiger partial charge in [0.25, 0.3) is 0 Å². The van der Waals surface area contributed by atoms with Gasteiger partial charge in [-0.25, -0.2) is 4.39 Å². The third-order valence-electron chi connectivity index (χ3n) is 3.98. The van der Waals surface area contributed by atoms with Crippen LogP contribution in [0.25, 0.3) is 0 Å². The number of likely N-dealkylation sites (tertiary alicyclic amines) is 1. The van der Waals surface area contributed by atoms with Crippen molar-refractivity contribution in [3.63, 3.8) is 0 Å².